The highest BCUT2D eigenvalue weighted by atomic mass is 19.1. The Hall–Kier alpha value is -1.93. The molecule has 1 fully saturated rings. The minimum atomic E-state index is -0.764. The van der Waals surface area contributed by atoms with Crippen LogP contribution in [-0.2, 0) is 11.3 Å². The number of benzene rings is 1. The lowest BCUT2D eigenvalue weighted by Crippen LogP contribution is -2.33. The molecule has 2 rings (SSSR count). The van der Waals surface area contributed by atoms with E-state index < -0.39 is 17.2 Å². The molecular weight excluding hydrogens is 259 g/mol. The predicted molar refractivity (Wildman–Crippen MR) is 71.4 cm³/mol. The molecule has 1 atom stereocenters. The molecule has 0 aromatic heterocycles. The van der Waals surface area contributed by atoms with Gasteiger partial charge in [-0.3, -0.25) is 9.69 Å². The number of halogens is 1. The molecule has 1 aromatic carbocycles. The second-order valence-electron chi connectivity index (χ2n) is 5.36. The molecule has 0 spiro atoms. The summed E-state index contributed by atoms with van der Waals surface area (Å²) in [6.45, 7) is 3.50. The van der Waals surface area contributed by atoms with Gasteiger partial charge in [0.1, 0.15) is 5.82 Å². The molecule has 1 aliphatic heterocycles. The van der Waals surface area contributed by atoms with Gasteiger partial charge in [-0.05, 0) is 43.1 Å². The third-order valence-electron chi connectivity index (χ3n) is 4.06. The van der Waals surface area contributed by atoms with Gasteiger partial charge in [0.25, 0.3) is 0 Å². The Morgan fingerprint density at radius 3 is 2.85 bits per heavy atom. The Bertz CT molecular complexity index is 567. The molecule has 0 amide bonds. The van der Waals surface area contributed by atoms with Crippen LogP contribution in [0, 0.1) is 22.6 Å². The van der Waals surface area contributed by atoms with E-state index in [0.29, 0.717) is 43.6 Å². The van der Waals surface area contributed by atoms with E-state index in [9.17, 15) is 14.3 Å². The lowest BCUT2D eigenvalue weighted by molar-refractivity contribution is -0.148. The van der Waals surface area contributed by atoms with Gasteiger partial charge in [0, 0.05) is 13.1 Å². The topological polar surface area (TPSA) is 64.3 Å². The van der Waals surface area contributed by atoms with Crippen LogP contribution in [0.1, 0.15) is 30.9 Å². The van der Waals surface area contributed by atoms with Gasteiger partial charge in [-0.1, -0.05) is 6.92 Å². The number of likely N-dealkylation sites (tertiary alicyclic amines) is 1. The Morgan fingerprint density at radius 2 is 2.30 bits per heavy atom. The molecule has 20 heavy (non-hydrogen) atoms. The second-order valence-corrected chi connectivity index (χ2v) is 5.36. The standard InChI is InChI=1S/C15H17FN2O2/c1-2-15(14(19)20)3-4-18(10-15)9-12-5-11(8-17)6-13(16)7-12/h5-7H,2-4,9-10H2,1H3,(H,19,20). The molecule has 0 radical (unpaired) electrons. The molecule has 0 bridgehead atoms. The smallest absolute Gasteiger partial charge is 0.310 e. The average molecular weight is 276 g/mol. The summed E-state index contributed by atoms with van der Waals surface area (Å²) in [5.74, 6) is -1.20. The van der Waals surface area contributed by atoms with E-state index >= 15 is 0 Å². The number of carbonyl (C=O) groups is 1. The first-order chi connectivity index (χ1) is 9.49. The number of nitrogens with zero attached hydrogens (tertiary/aromatic N) is 2. The van der Waals surface area contributed by atoms with Crippen LogP contribution in [0.5, 0.6) is 0 Å². The van der Waals surface area contributed by atoms with Crippen LogP contribution in [0.2, 0.25) is 0 Å². The summed E-state index contributed by atoms with van der Waals surface area (Å²) >= 11 is 0. The van der Waals surface area contributed by atoms with Gasteiger partial charge in [0.05, 0.1) is 17.0 Å². The average Bonchev–Trinajstić information content (AvgIpc) is 2.82. The van der Waals surface area contributed by atoms with E-state index in [1.165, 1.54) is 12.1 Å². The van der Waals surface area contributed by atoms with Gasteiger partial charge in [-0.15, -0.1) is 0 Å². The van der Waals surface area contributed by atoms with Crippen molar-refractivity contribution in [3.63, 3.8) is 0 Å². The number of rotatable bonds is 4. The fourth-order valence-electron chi connectivity index (χ4n) is 2.77. The number of carboxylic acids is 1. The molecule has 5 heteroatoms. The van der Waals surface area contributed by atoms with E-state index in [1.54, 1.807) is 6.07 Å². The van der Waals surface area contributed by atoms with Gasteiger partial charge >= 0.3 is 5.97 Å². The number of carboxylic acid groups (broad SMARTS) is 1. The lowest BCUT2D eigenvalue weighted by atomic mass is 9.84. The van der Waals surface area contributed by atoms with Crippen molar-refractivity contribution in [2.24, 2.45) is 5.41 Å². The second kappa shape index (κ2) is 5.59. The van der Waals surface area contributed by atoms with Crippen molar-refractivity contribution in [3.05, 3.63) is 35.1 Å². The molecule has 4 nitrogen and oxygen atoms in total. The summed E-state index contributed by atoms with van der Waals surface area (Å²) in [6.07, 6.45) is 1.20. The fourth-order valence-corrected chi connectivity index (χ4v) is 2.77. The zero-order valence-corrected chi connectivity index (χ0v) is 11.4. The van der Waals surface area contributed by atoms with Crippen molar-refractivity contribution in [3.8, 4) is 6.07 Å². The normalized spacial score (nSPS) is 22.6. The van der Waals surface area contributed by atoms with Crippen molar-refractivity contribution in [2.45, 2.75) is 26.3 Å². The van der Waals surface area contributed by atoms with Gasteiger partial charge in [0.2, 0.25) is 0 Å². The van der Waals surface area contributed by atoms with E-state index in [1.807, 2.05) is 17.9 Å². The van der Waals surface area contributed by atoms with E-state index in [-0.39, 0.29) is 0 Å². The third-order valence-corrected chi connectivity index (χ3v) is 4.06. The van der Waals surface area contributed by atoms with Gasteiger partial charge in [0.15, 0.2) is 0 Å². The molecule has 0 aliphatic carbocycles. The monoisotopic (exact) mass is 276 g/mol. The Labute approximate surface area is 117 Å². The molecule has 1 heterocycles. The predicted octanol–water partition coefficient (Wildman–Crippen LogP) is 2.38. The Kier molecular flexibility index (Phi) is 4.05. The highest BCUT2D eigenvalue weighted by Gasteiger charge is 2.43. The van der Waals surface area contributed by atoms with Crippen LogP contribution in [0.15, 0.2) is 18.2 Å². The van der Waals surface area contributed by atoms with Crippen molar-refractivity contribution in [2.75, 3.05) is 13.1 Å². The maximum atomic E-state index is 13.4. The Balaban J connectivity index is 2.11. The van der Waals surface area contributed by atoms with Crippen LogP contribution >= 0.6 is 0 Å². The highest BCUT2D eigenvalue weighted by molar-refractivity contribution is 5.75. The van der Waals surface area contributed by atoms with Crippen molar-refractivity contribution >= 4 is 5.97 Å². The molecule has 106 valence electrons. The first-order valence-corrected chi connectivity index (χ1v) is 6.64. The van der Waals surface area contributed by atoms with E-state index in [2.05, 4.69) is 0 Å². The molecule has 1 saturated heterocycles. The number of hydrogen-bond acceptors (Lipinski definition) is 3. The fraction of sp³-hybridized carbons (Fsp3) is 0.467. The third kappa shape index (κ3) is 2.81. The first kappa shape index (κ1) is 14.5. The van der Waals surface area contributed by atoms with Crippen molar-refractivity contribution in [1.82, 2.24) is 4.90 Å². The van der Waals surface area contributed by atoms with Gasteiger partial charge in [-0.25, -0.2) is 4.39 Å². The largest absolute Gasteiger partial charge is 0.481 e. The molecular formula is C15H17FN2O2. The quantitative estimate of drug-likeness (QED) is 0.917. The summed E-state index contributed by atoms with van der Waals surface area (Å²) in [5, 5.41) is 18.2. The summed E-state index contributed by atoms with van der Waals surface area (Å²) in [4.78, 5) is 13.4. The number of aliphatic carboxylic acids is 1. The van der Waals surface area contributed by atoms with Crippen LogP contribution < -0.4 is 0 Å². The maximum absolute atomic E-state index is 13.4. The zero-order valence-electron chi connectivity index (χ0n) is 11.4. The number of hydrogen-bond donors (Lipinski definition) is 1. The lowest BCUT2D eigenvalue weighted by Gasteiger charge is -2.23. The van der Waals surface area contributed by atoms with E-state index in [4.69, 9.17) is 5.26 Å². The van der Waals surface area contributed by atoms with Crippen LogP contribution in [0.25, 0.3) is 0 Å². The number of nitriles is 1. The first-order valence-electron chi connectivity index (χ1n) is 6.64. The van der Waals surface area contributed by atoms with E-state index in [0.717, 1.165) is 0 Å². The van der Waals surface area contributed by atoms with Crippen LogP contribution in [-0.4, -0.2) is 29.1 Å². The summed E-state index contributed by atoms with van der Waals surface area (Å²) in [6, 6.07) is 6.17. The Morgan fingerprint density at radius 1 is 1.55 bits per heavy atom. The summed E-state index contributed by atoms with van der Waals surface area (Å²) < 4.78 is 13.4. The van der Waals surface area contributed by atoms with Crippen molar-refractivity contribution < 1.29 is 14.3 Å². The van der Waals surface area contributed by atoms with Gasteiger partial charge in [-0.2, -0.15) is 5.26 Å². The summed E-state index contributed by atoms with van der Waals surface area (Å²) in [5.41, 5.74) is 0.309. The zero-order chi connectivity index (χ0) is 14.8. The molecule has 1 N–H and O–H groups in total. The van der Waals surface area contributed by atoms with Crippen LogP contribution in [0.3, 0.4) is 0 Å². The molecule has 0 saturated carbocycles. The minimum absolute atomic E-state index is 0.291. The summed E-state index contributed by atoms with van der Waals surface area (Å²) in [7, 11) is 0. The van der Waals surface area contributed by atoms with Crippen LogP contribution in [0.4, 0.5) is 4.39 Å². The molecule has 1 aromatic rings. The van der Waals surface area contributed by atoms with Crippen molar-refractivity contribution in [1.29, 1.82) is 5.26 Å². The highest BCUT2D eigenvalue weighted by Crippen LogP contribution is 2.34. The molecule has 1 aliphatic rings. The maximum Gasteiger partial charge on any atom is 0.310 e. The molecule has 1 unspecified atom stereocenters. The SMILES string of the molecule is CCC1(C(=O)O)CCN(Cc2cc(F)cc(C#N)c2)C1. The van der Waals surface area contributed by atoms with Gasteiger partial charge < -0.3 is 5.11 Å². The minimum Gasteiger partial charge on any atom is -0.481 e.